The zero-order chi connectivity index (χ0) is 9.84. The SMILES string of the molecule is CC(C)N1CCN[C@H](CC(N)=O)C1. The van der Waals surface area contributed by atoms with Gasteiger partial charge in [-0.05, 0) is 13.8 Å². The van der Waals surface area contributed by atoms with Crippen molar-refractivity contribution >= 4 is 5.91 Å². The average Bonchev–Trinajstić information content (AvgIpc) is 2.03. The number of carbonyl (C=O) groups is 1. The Bertz CT molecular complexity index is 182. The molecule has 0 saturated carbocycles. The molecule has 1 aliphatic rings. The standard InChI is InChI=1S/C9H19N3O/c1-7(2)12-4-3-11-8(6-12)5-9(10)13/h7-8,11H,3-6H2,1-2H3,(H2,10,13)/t8-/m1/s1. The summed E-state index contributed by atoms with van der Waals surface area (Å²) < 4.78 is 0. The van der Waals surface area contributed by atoms with Gasteiger partial charge in [-0.2, -0.15) is 0 Å². The van der Waals surface area contributed by atoms with Gasteiger partial charge in [0.15, 0.2) is 0 Å². The normalized spacial score (nSPS) is 25.0. The zero-order valence-electron chi connectivity index (χ0n) is 8.42. The Hall–Kier alpha value is -0.610. The van der Waals surface area contributed by atoms with Crippen LogP contribution in [0.25, 0.3) is 0 Å². The van der Waals surface area contributed by atoms with Gasteiger partial charge in [0.05, 0.1) is 0 Å². The number of nitrogens with two attached hydrogens (primary N) is 1. The highest BCUT2D eigenvalue weighted by atomic mass is 16.1. The second-order valence-electron chi connectivity index (χ2n) is 3.91. The fourth-order valence-corrected chi connectivity index (χ4v) is 1.70. The van der Waals surface area contributed by atoms with Gasteiger partial charge < -0.3 is 11.1 Å². The zero-order valence-corrected chi connectivity index (χ0v) is 8.42. The first-order valence-electron chi connectivity index (χ1n) is 4.85. The van der Waals surface area contributed by atoms with E-state index < -0.39 is 0 Å². The van der Waals surface area contributed by atoms with Crippen LogP contribution in [0.4, 0.5) is 0 Å². The molecule has 0 bridgehead atoms. The highest BCUT2D eigenvalue weighted by molar-refractivity contribution is 5.74. The molecule has 1 aliphatic heterocycles. The maximum absolute atomic E-state index is 10.7. The molecule has 1 atom stereocenters. The molecule has 0 radical (unpaired) electrons. The van der Waals surface area contributed by atoms with E-state index in [-0.39, 0.29) is 11.9 Å². The molecule has 1 heterocycles. The fourth-order valence-electron chi connectivity index (χ4n) is 1.70. The van der Waals surface area contributed by atoms with Crippen LogP contribution in [0.2, 0.25) is 0 Å². The number of carbonyl (C=O) groups excluding carboxylic acids is 1. The monoisotopic (exact) mass is 185 g/mol. The van der Waals surface area contributed by atoms with Gasteiger partial charge in [0.2, 0.25) is 5.91 Å². The summed E-state index contributed by atoms with van der Waals surface area (Å²) in [6.07, 6.45) is 0.448. The van der Waals surface area contributed by atoms with Crippen molar-refractivity contribution in [2.75, 3.05) is 19.6 Å². The maximum Gasteiger partial charge on any atom is 0.219 e. The predicted molar refractivity (Wildman–Crippen MR) is 52.3 cm³/mol. The summed E-state index contributed by atoms with van der Waals surface area (Å²) in [5.41, 5.74) is 5.15. The maximum atomic E-state index is 10.7. The van der Waals surface area contributed by atoms with E-state index >= 15 is 0 Å². The van der Waals surface area contributed by atoms with Crippen molar-refractivity contribution < 1.29 is 4.79 Å². The second-order valence-corrected chi connectivity index (χ2v) is 3.91. The average molecular weight is 185 g/mol. The van der Waals surface area contributed by atoms with E-state index in [1.54, 1.807) is 0 Å². The summed E-state index contributed by atoms with van der Waals surface area (Å²) in [6.45, 7) is 7.29. The fraction of sp³-hybridized carbons (Fsp3) is 0.889. The Kier molecular flexibility index (Phi) is 3.69. The molecular formula is C9H19N3O. The lowest BCUT2D eigenvalue weighted by molar-refractivity contribution is -0.118. The first kappa shape index (κ1) is 10.5. The van der Waals surface area contributed by atoms with Crippen molar-refractivity contribution in [3.8, 4) is 0 Å². The van der Waals surface area contributed by atoms with Crippen molar-refractivity contribution in [2.24, 2.45) is 5.73 Å². The van der Waals surface area contributed by atoms with Crippen LogP contribution in [0.15, 0.2) is 0 Å². The third-order valence-corrected chi connectivity index (χ3v) is 2.46. The third kappa shape index (κ3) is 3.32. The van der Waals surface area contributed by atoms with Crippen LogP contribution >= 0.6 is 0 Å². The van der Waals surface area contributed by atoms with Crippen molar-refractivity contribution in [1.29, 1.82) is 0 Å². The van der Waals surface area contributed by atoms with E-state index in [9.17, 15) is 4.79 Å². The van der Waals surface area contributed by atoms with Crippen LogP contribution in [0.5, 0.6) is 0 Å². The number of rotatable bonds is 3. The molecule has 0 aromatic heterocycles. The summed E-state index contributed by atoms with van der Waals surface area (Å²) in [5.74, 6) is -0.219. The Morgan fingerprint density at radius 1 is 1.69 bits per heavy atom. The summed E-state index contributed by atoms with van der Waals surface area (Å²) in [5, 5.41) is 3.29. The largest absolute Gasteiger partial charge is 0.370 e. The number of nitrogens with one attached hydrogen (secondary N) is 1. The van der Waals surface area contributed by atoms with E-state index in [0.717, 1.165) is 19.6 Å². The number of amides is 1. The summed E-state index contributed by atoms with van der Waals surface area (Å²) in [7, 11) is 0. The number of hydrogen-bond donors (Lipinski definition) is 2. The molecule has 0 aliphatic carbocycles. The topological polar surface area (TPSA) is 58.4 Å². The van der Waals surface area contributed by atoms with Crippen LogP contribution in [0.1, 0.15) is 20.3 Å². The van der Waals surface area contributed by atoms with Gasteiger partial charge >= 0.3 is 0 Å². The van der Waals surface area contributed by atoms with Crippen molar-refractivity contribution in [3.05, 3.63) is 0 Å². The lowest BCUT2D eigenvalue weighted by atomic mass is 10.1. The minimum absolute atomic E-state index is 0.219. The number of piperazine rings is 1. The lowest BCUT2D eigenvalue weighted by Gasteiger charge is -2.35. The molecule has 3 N–H and O–H groups in total. The van der Waals surface area contributed by atoms with Crippen LogP contribution in [-0.4, -0.2) is 42.5 Å². The van der Waals surface area contributed by atoms with Gasteiger partial charge in [-0.15, -0.1) is 0 Å². The summed E-state index contributed by atoms with van der Waals surface area (Å²) >= 11 is 0. The highest BCUT2D eigenvalue weighted by Gasteiger charge is 2.21. The quantitative estimate of drug-likeness (QED) is 0.626. The Labute approximate surface area is 79.5 Å². The van der Waals surface area contributed by atoms with Crippen molar-refractivity contribution in [3.63, 3.8) is 0 Å². The van der Waals surface area contributed by atoms with E-state index in [1.165, 1.54) is 0 Å². The number of primary amides is 1. The smallest absolute Gasteiger partial charge is 0.219 e. The molecule has 1 saturated heterocycles. The molecule has 0 aromatic rings. The first-order valence-corrected chi connectivity index (χ1v) is 4.85. The molecule has 0 spiro atoms. The Morgan fingerprint density at radius 3 is 2.92 bits per heavy atom. The van der Waals surface area contributed by atoms with Gasteiger partial charge in [-0.25, -0.2) is 0 Å². The van der Waals surface area contributed by atoms with Gasteiger partial charge in [0, 0.05) is 38.1 Å². The summed E-state index contributed by atoms with van der Waals surface area (Å²) in [4.78, 5) is 13.1. The van der Waals surface area contributed by atoms with E-state index in [2.05, 4.69) is 24.1 Å². The van der Waals surface area contributed by atoms with Crippen LogP contribution < -0.4 is 11.1 Å². The lowest BCUT2D eigenvalue weighted by Crippen LogP contribution is -2.53. The highest BCUT2D eigenvalue weighted by Crippen LogP contribution is 2.05. The number of nitrogens with zero attached hydrogens (tertiary/aromatic N) is 1. The Morgan fingerprint density at radius 2 is 2.38 bits per heavy atom. The molecule has 1 amide bonds. The molecule has 4 nitrogen and oxygen atoms in total. The molecule has 13 heavy (non-hydrogen) atoms. The van der Waals surface area contributed by atoms with E-state index in [4.69, 9.17) is 5.73 Å². The van der Waals surface area contributed by atoms with Crippen LogP contribution in [-0.2, 0) is 4.79 Å². The minimum atomic E-state index is -0.219. The molecule has 0 aromatic carbocycles. The van der Waals surface area contributed by atoms with Crippen molar-refractivity contribution in [2.45, 2.75) is 32.4 Å². The molecule has 4 heteroatoms. The van der Waals surface area contributed by atoms with Gasteiger partial charge in [0.25, 0.3) is 0 Å². The molecule has 1 fully saturated rings. The molecule has 76 valence electrons. The third-order valence-electron chi connectivity index (χ3n) is 2.46. The van der Waals surface area contributed by atoms with Gasteiger partial charge in [0.1, 0.15) is 0 Å². The predicted octanol–water partition coefficient (Wildman–Crippen LogP) is -0.456. The van der Waals surface area contributed by atoms with Gasteiger partial charge in [-0.3, -0.25) is 9.69 Å². The minimum Gasteiger partial charge on any atom is -0.370 e. The second kappa shape index (κ2) is 4.58. The van der Waals surface area contributed by atoms with Crippen LogP contribution in [0, 0.1) is 0 Å². The van der Waals surface area contributed by atoms with E-state index in [0.29, 0.717) is 12.5 Å². The number of hydrogen-bond acceptors (Lipinski definition) is 3. The Balaban J connectivity index is 2.37. The van der Waals surface area contributed by atoms with Crippen LogP contribution in [0.3, 0.4) is 0 Å². The summed E-state index contributed by atoms with van der Waals surface area (Å²) in [6, 6.07) is 0.797. The molecule has 1 rings (SSSR count). The van der Waals surface area contributed by atoms with Gasteiger partial charge in [-0.1, -0.05) is 0 Å². The van der Waals surface area contributed by atoms with E-state index in [1.807, 2.05) is 0 Å². The molecular weight excluding hydrogens is 166 g/mol. The first-order chi connectivity index (χ1) is 6.09. The molecule has 0 unspecified atom stereocenters. The van der Waals surface area contributed by atoms with Crippen molar-refractivity contribution in [1.82, 2.24) is 10.2 Å².